The Kier molecular flexibility index (Phi) is 5.63. The van der Waals surface area contributed by atoms with Crippen LogP contribution in [0.4, 0.5) is 0 Å². The van der Waals surface area contributed by atoms with Gasteiger partial charge >= 0.3 is 102 Å². The molecule has 0 fully saturated rings. The summed E-state index contributed by atoms with van der Waals surface area (Å²) in [6, 6.07) is 0. The minimum absolute atomic E-state index is 0.886. The standard InChI is InChI=1S/C5H12Si.6CH3.2Sn/c1-5-6(2,3)4;;;;;;;;/h5H,1H2,2-4H3;6*1H3;;. The fourth-order valence-corrected chi connectivity index (χ4v) is 66.0. The van der Waals surface area contributed by atoms with Crippen LogP contribution in [0, 0.1) is 0 Å². The average molecular weight is 428 g/mol. The van der Waals surface area contributed by atoms with Crippen LogP contribution in [0.2, 0.25) is 57.3 Å². The third-order valence-electron chi connectivity index (χ3n) is 2.91. The first kappa shape index (κ1) is 15.8. The molecule has 0 aliphatic rings. The van der Waals surface area contributed by atoms with Crippen LogP contribution in [-0.2, 0) is 0 Å². The van der Waals surface area contributed by atoms with Gasteiger partial charge in [0.2, 0.25) is 0 Å². The van der Waals surface area contributed by atoms with Crippen molar-refractivity contribution in [3.8, 4) is 0 Å². The van der Waals surface area contributed by atoms with Crippen molar-refractivity contribution < 1.29 is 0 Å². The van der Waals surface area contributed by atoms with Crippen molar-refractivity contribution >= 4 is 44.8 Å². The third-order valence-corrected chi connectivity index (χ3v) is 34.1. The zero-order valence-corrected chi connectivity index (χ0v) is 18.5. The van der Waals surface area contributed by atoms with Gasteiger partial charge in [-0.1, -0.05) is 0 Å². The fraction of sp³-hybridized carbons (Fsp3) is 1.00. The Hall–Kier alpha value is 1.81. The van der Waals surface area contributed by atoms with E-state index < -0.39 is 44.8 Å². The van der Waals surface area contributed by atoms with E-state index in [1.807, 2.05) is 0 Å². The molecule has 0 nitrogen and oxygen atoms in total. The summed E-state index contributed by atoms with van der Waals surface area (Å²) in [5, 5.41) is 0. The van der Waals surface area contributed by atoms with Crippen LogP contribution in [0.5, 0.6) is 0 Å². The van der Waals surface area contributed by atoms with Gasteiger partial charge in [0.1, 0.15) is 0 Å². The van der Waals surface area contributed by atoms with Gasteiger partial charge in [0.05, 0.1) is 0 Å². The maximum atomic E-state index is 2.65. The summed E-state index contributed by atoms with van der Waals surface area (Å²) in [5.74, 6) is 0. The molecule has 0 bridgehead atoms. The molecule has 0 spiro atoms. The van der Waals surface area contributed by atoms with Gasteiger partial charge in [-0.2, -0.15) is 0 Å². The number of hydrogen-bond acceptors (Lipinski definition) is 0. The van der Waals surface area contributed by atoms with Crippen molar-refractivity contribution in [1.29, 1.82) is 0 Å². The van der Waals surface area contributed by atoms with E-state index in [0.29, 0.717) is 0 Å². The van der Waals surface area contributed by atoms with Gasteiger partial charge in [-0.05, 0) is 0 Å². The van der Waals surface area contributed by atoms with Crippen LogP contribution < -0.4 is 0 Å². The molecule has 3 heteroatoms. The second-order valence-corrected chi connectivity index (χ2v) is 46.4. The second-order valence-electron chi connectivity index (χ2n) is 8.05. The van der Waals surface area contributed by atoms with Crippen LogP contribution in [0.1, 0.15) is 0 Å². The summed E-state index contributed by atoms with van der Waals surface area (Å²) >= 11 is -3.21. The Morgan fingerprint density at radius 3 is 1.29 bits per heavy atom. The van der Waals surface area contributed by atoms with Gasteiger partial charge in [0.15, 0.2) is 0 Å². The molecule has 86 valence electrons. The SMILES string of the molecule is C[Si](C)(C)[CH]([CH2][Sn]([CH3])([CH3])[CH3])[Sn]([CH3])([CH3])[CH3]. The maximum absolute atomic E-state index is 2.65. The molecule has 0 heterocycles. The van der Waals surface area contributed by atoms with Gasteiger partial charge in [-0.3, -0.25) is 0 Å². The van der Waals surface area contributed by atoms with Crippen LogP contribution in [0.15, 0.2) is 0 Å². The van der Waals surface area contributed by atoms with Gasteiger partial charge in [0, 0.05) is 0 Å². The van der Waals surface area contributed by atoms with E-state index in [1.54, 1.807) is 4.44 Å². The van der Waals surface area contributed by atoms with Crippen molar-refractivity contribution in [3.05, 3.63) is 0 Å². The van der Waals surface area contributed by atoms with E-state index in [0.717, 1.165) is 0 Å². The average Bonchev–Trinajstić information content (AvgIpc) is 1.75. The fourth-order valence-electron chi connectivity index (χ4n) is 2.52. The topological polar surface area (TPSA) is 0 Å². The molecule has 0 amide bonds. The molecular weight excluding hydrogens is 398 g/mol. The summed E-state index contributed by atoms with van der Waals surface area (Å²) in [6.07, 6.45) is 0. The molecule has 1 atom stereocenters. The minimum atomic E-state index is -1.65. The van der Waals surface area contributed by atoms with E-state index in [1.165, 1.54) is 3.56 Å². The molecule has 0 aromatic rings. The normalized spacial score (nSPS) is 16.9. The molecule has 0 aromatic carbocycles. The first-order valence-electron chi connectivity index (χ1n) is 5.84. The Morgan fingerprint density at radius 1 is 0.857 bits per heavy atom. The third kappa shape index (κ3) is 6.41. The Bertz CT molecular complexity index is 167. The molecule has 0 aromatic heterocycles. The van der Waals surface area contributed by atoms with Gasteiger partial charge in [-0.25, -0.2) is 0 Å². The molecule has 0 aliphatic heterocycles. The van der Waals surface area contributed by atoms with Crippen molar-refractivity contribution in [2.75, 3.05) is 0 Å². The predicted octanol–water partition coefficient (Wildman–Crippen LogP) is 4.91. The summed E-state index contributed by atoms with van der Waals surface area (Å²) in [6.45, 7) is 7.78. The zero-order valence-electron chi connectivity index (χ0n) is 11.8. The first-order valence-corrected chi connectivity index (χ1v) is 30.2. The van der Waals surface area contributed by atoms with Crippen LogP contribution in [0.3, 0.4) is 0 Å². The predicted molar refractivity (Wildman–Crippen MR) is 78.6 cm³/mol. The monoisotopic (exact) mass is 430 g/mol. The first-order chi connectivity index (χ1) is 5.84. The van der Waals surface area contributed by atoms with Gasteiger partial charge < -0.3 is 0 Å². The second kappa shape index (κ2) is 4.98. The zero-order chi connectivity index (χ0) is 11.8. The van der Waals surface area contributed by atoms with E-state index in [9.17, 15) is 0 Å². The summed E-state index contributed by atoms with van der Waals surface area (Å²) in [7, 11) is -0.886. The molecule has 14 heavy (non-hydrogen) atoms. The van der Waals surface area contributed by atoms with Crippen LogP contribution in [-0.4, -0.2) is 44.8 Å². The summed E-state index contributed by atoms with van der Waals surface area (Å²) < 4.78 is 2.89. The van der Waals surface area contributed by atoms with Crippen molar-refractivity contribution in [2.24, 2.45) is 0 Å². The molecule has 0 aliphatic carbocycles. The summed E-state index contributed by atoms with van der Waals surface area (Å²) in [4.78, 5) is 15.8. The van der Waals surface area contributed by atoms with E-state index >= 15 is 0 Å². The molecule has 1 unspecified atom stereocenters. The molecule has 0 rings (SSSR count). The molecule has 0 saturated carbocycles. The molecule has 0 saturated heterocycles. The van der Waals surface area contributed by atoms with E-state index in [4.69, 9.17) is 0 Å². The van der Waals surface area contributed by atoms with Crippen molar-refractivity contribution in [2.45, 2.75) is 57.3 Å². The number of rotatable bonds is 4. The molecular formula is C11H30SiSn2. The van der Waals surface area contributed by atoms with E-state index in [-0.39, 0.29) is 0 Å². The van der Waals surface area contributed by atoms with Crippen molar-refractivity contribution in [3.63, 3.8) is 0 Å². The number of hydrogen-bond donors (Lipinski definition) is 0. The Labute approximate surface area is 101 Å². The Morgan fingerprint density at radius 2 is 1.21 bits per heavy atom. The summed E-state index contributed by atoms with van der Waals surface area (Å²) in [5.41, 5.74) is 0. The van der Waals surface area contributed by atoms with Crippen molar-refractivity contribution in [1.82, 2.24) is 0 Å². The van der Waals surface area contributed by atoms with E-state index in [2.05, 4.69) is 49.3 Å². The van der Waals surface area contributed by atoms with Crippen LogP contribution in [0.25, 0.3) is 0 Å². The molecule has 0 radical (unpaired) electrons. The Balaban J connectivity index is 4.78. The van der Waals surface area contributed by atoms with Gasteiger partial charge in [0.25, 0.3) is 0 Å². The quantitative estimate of drug-likeness (QED) is 0.559. The molecule has 0 N–H and O–H groups in total. The van der Waals surface area contributed by atoms with Gasteiger partial charge in [-0.15, -0.1) is 0 Å². The van der Waals surface area contributed by atoms with Crippen LogP contribution >= 0.6 is 0 Å².